The molecule has 2 amide bonds. The zero-order chi connectivity index (χ0) is 18.3. The quantitative estimate of drug-likeness (QED) is 0.692. The van der Waals surface area contributed by atoms with E-state index in [1.54, 1.807) is 0 Å². The van der Waals surface area contributed by atoms with Gasteiger partial charge in [0, 0.05) is 12.2 Å². The molecule has 0 atom stereocenters. The number of para-hydroxylation sites is 1. The van der Waals surface area contributed by atoms with Crippen LogP contribution in [-0.2, 0) is 9.59 Å². The molecule has 1 rings (SSSR count). The third-order valence-corrected chi connectivity index (χ3v) is 4.00. The van der Waals surface area contributed by atoms with Crippen LogP contribution in [0.25, 0.3) is 0 Å². The lowest BCUT2D eigenvalue weighted by molar-refractivity contribution is -0.126. The summed E-state index contributed by atoms with van der Waals surface area (Å²) in [4.78, 5) is 24.2. The fourth-order valence-electron chi connectivity index (χ4n) is 2.59. The van der Waals surface area contributed by atoms with E-state index in [4.69, 9.17) is 0 Å². The second kappa shape index (κ2) is 9.45. The summed E-state index contributed by atoms with van der Waals surface area (Å²) in [6, 6.07) is 6.10. The number of carbonyl (C=O) groups is 2. The van der Waals surface area contributed by atoms with Gasteiger partial charge in [-0.25, -0.2) is 0 Å². The summed E-state index contributed by atoms with van der Waals surface area (Å²) in [7, 11) is 0. The van der Waals surface area contributed by atoms with Crippen molar-refractivity contribution in [1.82, 2.24) is 5.32 Å². The second-order valence-corrected chi connectivity index (χ2v) is 7.38. The van der Waals surface area contributed by atoms with Crippen molar-refractivity contribution < 1.29 is 9.59 Å². The van der Waals surface area contributed by atoms with Gasteiger partial charge in [0.2, 0.25) is 11.8 Å². The topological polar surface area (TPSA) is 58.2 Å². The number of carbonyl (C=O) groups excluding carboxylic acids is 2. The molecule has 0 bridgehead atoms. The number of anilines is 1. The number of hydrogen-bond donors (Lipinski definition) is 2. The monoisotopic (exact) mass is 332 g/mol. The van der Waals surface area contributed by atoms with Crippen molar-refractivity contribution in [3.8, 4) is 0 Å². The maximum Gasteiger partial charge on any atom is 0.233 e. The van der Waals surface area contributed by atoms with Gasteiger partial charge in [0.1, 0.15) is 6.42 Å². The molecule has 134 valence electrons. The normalized spacial score (nSPS) is 11.2. The third-order valence-electron chi connectivity index (χ3n) is 4.00. The number of hydrogen-bond acceptors (Lipinski definition) is 2. The molecule has 0 aromatic heterocycles. The van der Waals surface area contributed by atoms with Crippen LogP contribution in [0, 0.1) is 5.92 Å². The van der Waals surface area contributed by atoms with Gasteiger partial charge in [0.25, 0.3) is 0 Å². The first kappa shape index (κ1) is 20.2. The van der Waals surface area contributed by atoms with Crippen LogP contribution in [0.5, 0.6) is 0 Å². The summed E-state index contributed by atoms with van der Waals surface area (Å²) >= 11 is 0. The Morgan fingerprint density at radius 3 is 1.92 bits per heavy atom. The molecule has 1 aromatic rings. The molecule has 0 saturated heterocycles. The van der Waals surface area contributed by atoms with Gasteiger partial charge in [0.05, 0.1) is 0 Å². The average molecular weight is 332 g/mol. The van der Waals surface area contributed by atoms with E-state index >= 15 is 0 Å². The number of amides is 2. The molecule has 0 radical (unpaired) electrons. The molecular formula is C20H32N2O2. The Kier molecular flexibility index (Phi) is 7.96. The van der Waals surface area contributed by atoms with Crippen molar-refractivity contribution in [3.63, 3.8) is 0 Å². The van der Waals surface area contributed by atoms with Crippen LogP contribution >= 0.6 is 0 Å². The van der Waals surface area contributed by atoms with E-state index in [2.05, 4.69) is 52.2 Å². The van der Waals surface area contributed by atoms with Gasteiger partial charge in [-0.3, -0.25) is 9.59 Å². The lowest BCUT2D eigenvalue weighted by Crippen LogP contribution is -2.29. The zero-order valence-electron chi connectivity index (χ0n) is 15.9. The summed E-state index contributed by atoms with van der Waals surface area (Å²) in [6.45, 7) is 13.2. The van der Waals surface area contributed by atoms with E-state index in [0.717, 1.165) is 23.2 Å². The van der Waals surface area contributed by atoms with E-state index in [-0.39, 0.29) is 18.2 Å². The lowest BCUT2D eigenvalue weighted by atomic mass is 9.92. The van der Waals surface area contributed by atoms with Crippen molar-refractivity contribution in [3.05, 3.63) is 29.3 Å². The molecule has 1 aromatic carbocycles. The van der Waals surface area contributed by atoms with Gasteiger partial charge in [-0.15, -0.1) is 0 Å². The van der Waals surface area contributed by atoms with Gasteiger partial charge >= 0.3 is 0 Å². The Bertz CT molecular complexity index is 537. The summed E-state index contributed by atoms with van der Waals surface area (Å²) in [6.07, 6.45) is 0.781. The van der Waals surface area contributed by atoms with E-state index in [0.29, 0.717) is 24.3 Å². The molecule has 4 nitrogen and oxygen atoms in total. The van der Waals surface area contributed by atoms with Crippen molar-refractivity contribution in [2.45, 2.75) is 66.2 Å². The van der Waals surface area contributed by atoms with E-state index in [1.165, 1.54) is 0 Å². The summed E-state index contributed by atoms with van der Waals surface area (Å²) in [5.41, 5.74) is 3.08. The van der Waals surface area contributed by atoms with E-state index in [1.807, 2.05) is 18.2 Å². The SMILES string of the molecule is CC(C)CCNC(=O)CC(=O)Nc1c(C(C)C)cccc1C(C)C. The highest BCUT2D eigenvalue weighted by molar-refractivity contribution is 6.04. The van der Waals surface area contributed by atoms with Crippen LogP contribution in [0.1, 0.15) is 77.3 Å². The molecule has 0 fully saturated rings. The van der Waals surface area contributed by atoms with Crippen molar-refractivity contribution in [2.75, 3.05) is 11.9 Å². The van der Waals surface area contributed by atoms with Crippen LogP contribution in [-0.4, -0.2) is 18.4 Å². The molecule has 2 N–H and O–H groups in total. The van der Waals surface area contributed by atoms with Gasteiger partial charge < -0.3 is 10.6 Å². The highest BCUT2D eigenvalue weighted by Crippen LogP contribution is 2.32. The first-order chi connectivity index (χ1) is 11.2. The predicted molar refractivity (Wildman–Crippen MR) is 100 cm³/mol. The lowest BCUT2D eigenvalue weighted by Gasteiger charge is -2.20. The Hall–Kier alpha value is -1.84. The van der Waals surface area contributed by atoms with E-state index in [9.17, 15) is 9.59 Å². The third kappa shape index (κ3) is 6.34. The summed E-state index contributed by atoms with van der Waals surface area (Å²) in [5.74, 6) is 0.664. The number of rotatable bonds is 8. The highest BCUT2D eigenvalue weighted by Gasteiger charge is 2.17. The van der Waals surface area contributed by atoms with Crippen LogP contribution in [0.15, 0.2) is 18.2 Å². The van der Waals surface area contributed by atoms with Crippen LogP contribution in [0.3, 0.4) is 0 Å². The molecule has 0 aliphatic heterocycles. The van der Waals surface area contributed by atoms with E-state index < -0.39 is 0 Å². The molecule has 24 heavy (non-hydrogen) atoms. The minimum absolute atomic E-state index is 0.137. The largest absolute Gasteiger partial charge is 0.356 e. The second-order valence-electron chi connectivity index (χ2n) is 7.38. The summed E-state index contributed by atoms with van der Waals surface area (Å²) in [5, 5.41) is 5.78. The van der Waals surface area contributed by atoms with Crippen molar-refractivity contribution in [1.29, 1.82) is 0 Å². The van der Waals surface area contributed by atoms with Crippen molar-refractivity contribution >= 4 is 17.5 Å². The van der Waals surface area contributed by atoms with Gasteiger partial charge in [-0.1, -0.05) is 59.7 Å². The smallest absolute Gasteiger partial charge is 0.233 e. The maximum atomic E-state index is 12.3. The van der Waals surface area contributed by atoms with Crippen LogP contribution < -0.4 is 10.6 Å². The standard InChI is InChI=1S/C20H32N2O2/c1-13(2)10-11-21-18(23)12-19(24)22-20-16(14(3)4)8-7-9-17(20)15(5)6/h7-9,13-15H,10-12H2,1-6H3,(H,21,23)(H,22,24). The zero-order valence-corrected chi connectivity index (χ0v) is 15.9. The van der Waals surface area contributed by atoms with Crippen LogP contribution in [0.4, 0.5) is 5.69 Å². The van der Waals surface area contributed by atoms with Gasteiger partial charge in [-0.05, 0) is 35.3 Å². The molecule has 0 heterocycles. The average Bonchev–Trinajstić information content (AvgIpc) is 2.46. The fraction of sp³-hybridized carbons (Fsp3) is 0.600. The minimum Gasteiger partial charge on any atom is -0.356 e. The summed E-state index contributed by atoms with van der Waals surface area (Å²) < 4.78 is 0. The van der Waals surface area contributed by atoms with Gasteiger partial charge in [-0.2, -0.15) is 0 Å². The molecule has 0 aliphatic carbocycles. The maximum absolute atomic E-state index is 12.3. The molecular weight excluding hydrogens is 300 g/mol. The van der Waals surface area contributed by atoms with Crippen LogP contribution in [0.2, 0.25) is 0 Å². The Morgan fingerprint density at radius 1 is 0.917 bits per heavy atom. The highest BCUT2D eigenvalue weighted by atomic mass is 16.2. The molecule has 0 saturated carbocycles. The Balaban J connectivity index is 2.77. The van der Waals surface area contributed by atoms with Crippen molar-refractivity contribution in [2.24, 2.45) is 5.92 Å². The molecule has 0 unspecified atom stereocenters. The molecule has 0 spiro atoms. The molecule has 0 aliphatic rings. The number of benzene rings is 1. The Morgan fingerprint density at radius 2 is 1.46 bits per heavy atom. The minimum atomic E-state index is -0.257. The van der Waals surface area contributed by atoms with Gasteiger partial charge in [0.15, 0.2) is 0 Å². The fourth-order valence-corrected chi connectivity index (χ4v) is 2.59. The Labute approximate surface area is 146 Å². The molecule has 4 heteroatoms. The first-order valence-electron chi connectivity index (χ1n) is 8.91. The first-order valence-corrected chi connectivity index (χ1v) is 8.91. The number of nitrogens with one attached hydrogen (secondary N) is 2. The predicted octanol–water partition coefficient (Wildman–Crippen LogP) is 4.42.